The van der Waals surface area contributed by atoms with Gasteiger partial charge in [0.15, 0.2) is 0 Å². The number of hydrogen-bond donors (Lipinski definition) is 3. The van der Waals surface area contributed by atoms with Gasteiger partial charge in [-0.3, -0.25) is 19.2 Å². The molecule has 1 fully saturated rings. The minimum absolute atomic E-state index is 0.101. The highest BCUT2D eigenvalue weighted by Crippen LogP contribution is 2.29. The number of pyridine rings is 1. The van der Waals surface area contributed by atoms with Crippen molar-refractivity contribution < 1.29 is 19.2 Å². The van der Waals surface area contributed by atoms with Crippen LogP contribution in [0.15, 0.2) is 61.1 Å². The molecule has 13 heteroatoms. The monoisotopic (exact) mass is 597 g/mol. The lowest BCUT2D eigenvalue weighted by Crippen LogP contribution is -2.58. The number of rotatable bonds is 4. The van der Waals surface area contributed by atoms with E-state index in [2.05, 4.69) is 31.2 Å². The molecule has 0 spiro atoms. The van der Waals surface area contributed by atoms with Crippen molar-refractivity contribution in [3.63, 3.8) is 0 Å². The SMILES string of the molecule is Cc1ccn2cc(C(=O)N3C[C@@H]4C[C@H]3C(=O)N[C@@H](C(C)C)C(=O)N[C@H](Cc3ccccc3)C(=O)NCc3cn4nn3)nc2c1. The molecule has 44 heavy (non-hydrogen) atoms. The van der Waals surface area contributed by atoms with Gasteiger partial charge in [0.2, 0.25) is 17.7 Å². The van der Waals surface area contributed by atoms with Crippen molar-refractivity contribution in [1.29, 1.82) is 0 Å². The summed E-state index contributed by atoms with van der Waals surface area (Å²) in [5.41, 5.74) is 3.24. The van der Waals surface area contributed by atoms with E-state index >= 15 is 0 Å². The number of nitrogens with zero attached hydrogens (tertiary/aromatic N) is 6. The van der Waals surface area contributed by atoms with E-state index < -0.39 is 35.8 Å². The van der Waals surface area contributed by atoms with E-state index in [4.69, 9.17) is 0 Å². The topological polar surface area (TPSA) is 156 Å². The van der Waals surface area contributed by atoms with E-state index in [0.717, 1.165) is 11.1 Å². The molecule has 3 N–H and O–H groups in total. The normalized spacial score (nSPS) is 22.7. The number of imidazole rings is 1. The largest absolute Gasteiger partial charge is 0.349 e. The molecular weight excluding hydrogens is 562 g/mol. The maximum atomic E-state index is 13.9. The Hall–Kier alpha value is -5.07. The lowest BCUT2D eigenvalue weighted by Gasteiger charge is -2.28. The quantitative estimate of drug-likeness (QED) is 0.319. The second-order valence-electron chi connectivity index (χ2n) is 11.8. The second kappa shape index (κ2) is 11.9. The van der Waals surface area contributed by atoms with Crippen molar-refractivity contribution in [3.8, 4) is 0 Å². The van der Waals surface area contributed by atoms with Gasteiger partial charge in [-0.15, -0.1) is 5.10 Å². The van der Waals surface area contributed by atoms with E-state index in [1.807, 2.05) is 69.4 Å². The molecule has 3 aromatic heterocycles. The standard InChI is InChI=1S/C31H35N9O4/c1-18(2)27-30(43)34-23(12-20-7-5-4-6-8-20)28(41)32-14-21-15-40(37-36-21)22-13-25(29(42)35-27)39(16-22)31(44)24-17-38-10-9-19(3)11-26(38)33-24/h4-11,15,17-18,22-23,25,27H,12-14,16H2,1-3H3,(H,32,41)(H,34,43)(H,35,42)/t22-,23+,25-,27-/m0/s1. The summed E-state index contributed by atoms with van der Waals surface area (Å²) in [4.78, 5) is 60.7. The van der Waals surface area contributed by atoms with Gasteiger partial charge in [-0.1, -0.05) is 49.4 Å². The van der Waals surface area contributed by atoms with Crippen LogP contribution in [0.1, 0.15) is 53.6 Å². The predicted molar refractivity (Wildman–Crippen MR) is 159 cm³/mol. The highest BCUT2D eigenvalue weighted by atomic mass is 16.2. The first kappa shape index (κ1) is 29.0. The molecule has 4 amide bonds. The number of nitrogens with one attached hydrogen (secondary N) is 3. The minimum atomic E-state index is -0.940. The van der Waals surface area contributed by atoms with Crippen molar-refractivity contribution in [2.24, 2.45) is 5.92 Å². The van der Waals surface area contributed by atoms with E-state index in [1.54, 1.807) is 21.5 Å². The first-order chi connectivity index (χ1) is 21.2. The third kappa shape index (κ3) is 5.90. The molecule has 228 valence electrons. The van der Waals surface area contributed by atoms with Crippen LogP contribution in [0.4, 0.5) is 0 Å². The predicted octanol–water partition coefficient (Wildman–Crippen LogP) is 1.19. The molecule has 4 aromatic rings. The van der Waals surface area contributed by atoms with E-state index in [0.29, 0.717) is 11.3 Å². The number of aryl methyl sites for hydroxylation is 1. The maximum absolute atomic E-state index is 13.9. The van der Waals surface area contributed by atoms with Gasteiger partial charge >= 0.3 is 0 Å². The molecule has 4 bridgehead atoms. The number of carbonyl (C=O) groups excluding carboxylic acids is 4. The molecule has 6 rings (SSSR count). The van der Waals surface area contributed by atoms with Crippen LogP contribution < -0.4 is 16.0 Å². The van der Waals surface area contributed by atoms with Gasteiger partial charge in [-0.2, -0.15) is 0 Å². The molecule has 13 nitrogen and oxygen atoms in total. The number of fused-ring (bicyclic) bond motifs is 6. The first-order valence-corrected chi connectivity index (χ1v) is 14.8. The summed E-state index contributed by atoms with van der Waals surface area (Å²) in [5, 5.41) is 17.1. The van der Waals surface area contributed by atoms with E-state index in [9.17, 15) is 19.2 Å². The van der Waals surface area contributed by atoms with Crippen LogP contribution in [0.2, 0.25) is 0 Å². The molecule has 0 radical (unpaired) electrons. The number of aromatic nitrogens is 5. The maximum Gasteiger partial charge on any atom is 0.274 e. The Labute approximate surface area is 254 Å². The lowest BCUT2D eigenvalue weighted by molar-refractivity contribution is -0.134. The third-order valence-corrected chi connectivity index (χ3v) is 8.22. The number of carbonyl (C=O) groups is 4. The van der Waals surface area contributed by atoms with Crippen molar-refractivity contribution in [3.05, 3.63) is 83.6 Å². The Morgan fingerprint density at radius 2 is 1.82 bits per heavy atom. The molecule has 0 aliphatic carbocycles. The molecule has 1 aromatic carbocycles. The fourth-order valence-corrected chi connectivity index (χ4v) is 5.79. The summed E-state index contributed by atoms with van der Waals surface area (Å²) in [6.07, 6.45) is 5.72. The molecule has 5 heterocycles. The fraction of sp³-hybridized carbons (Fsp3) is 0.387. The van der Waals surface area contributed by atoms with Crippen LogP contribution in [0.3, 0.4) is 0 Å². The van der Waals surface area contributed by atoms with Gasteiger partial charge in [0.05, 0.1) is 18.8 Å². The molecular formula is C31H35N9O4. The van der Waals surface area contributed by atoms with Gasteiger partial charge in [-0.25, -0.2) is 9.67 Å². The summed E-state index contributed by atoms with van der Waals surface area (Å²) >= 11 is 0. The van der Waals surface area contributed by atoms with Crippen LogP contribution in [0.5, 0.6) is 0 Å². The summed E-state index contributed by atoms with van der Waals surface area (Å²) in [7, 11) is 0. The average molecular weight is 598 g/mol. The summed E-state index contributed by atoms with van der Waals surface area (Å²) in [5.74, 6) is -2.01. The summed E-state index contributed by atoms with van der Waals surface area (Å²) in [6, 6.07) is 10.1. The number of amides is 4. The van der Waals surface area contributed by atoms with Crippen LogP contribution in [-0.4, -0.2) is 77.6 Å². The molecule has 0 saturated carbocycles. The molecule has 0 unspecified atom stereocenters. The first-order valence-electron chi connectivity index (χ1n) is 14.8. The van der Waals surface area contributed by atoms with E-state index in [-0.39, 0.29) is 49.5 Å². The summed E-state index contributed by atoms with van der Waals surface area (Å²) < 4.78 is 3.40. The highest BCUT2D eigenvalue weighted by molar-refractivity contribution is 5.98. The Balaban J connectivity index is 1.32. The van der Waals surface area contributed by atoms with Crippen LogP contribution in [0.25, 0.3) is 5.65 Å². The van der Waals surface area contributed by atoms with E-state index in [1.165, 1.54) is 4.90 Å². The highest BCUT2D eigenvalue weighted by Gasteiger charge is 2.43. The Morgan fingerprint density at radius 1 is 1.02 bits per heavy atom. The van der Waals surface area contributed by atoms with Gasteiger partial charge in [0.1, 0.15) is 35.2 Å². The average Bonchev–Trinajstić information content (AvgIpc) is 3.76. The zero-order valence-electron chi connectivity index (χ0n) is 24.8. The van der Waals surface area contributed by atoms with Crippen LogP contribution >= 0.6 is 0 Å². The number of likely N-dealkylation sites (tertiary alicyclic amines) is 1. The van der Waals surface area contributed by atoms with Gasteiger partial charge in [0.25, 0.3) is 5.91 Å². The minimum Gasteiger partial charge on any atom is -0.349 e. The Morgan fingerprint density at radius 3 is 2.59 bits per heavy atom. The lowest BCUT2D eigenvalue weighted by atomic mass is 10.00. The summed E-state index contributed by atoms with van der Waals surface area (Å²) in [6.45, 7) is 5.88. The van der Waals surface area contributed by atoms with Crippen LogP contribution in [-0.2, 0) is 27.3 Å². The zero-order valence-corrected chi connectivity index (χ0v) is 24.8. The van der Waals surface area contributed by atoms with Crippen molar-refractivity contribution >= 4 is 29.3 Å². The number of hydrogen-bond acceptors (Lipinski definition) is 7. The molecule has 2 aliphatic heterocycles. The smallest absolute Gasteiger partial charge is 0.274 e. The zero-order chi connectivity index (χ0) is 31.0. The Bertz CT molecular complexity index is 1710. The fourth-order valence-electron chi connectivity index (χ4n) is 5.79. The van der Waals surface area contributed by atoms with Gasteiger partial charge < -0.3 is 25.3 Å². The van der Waals surface area contributed by atoms with Crippen molar-refractivity contribution in [2.75, 3.05) is 6.54 Å². The molecule has 1 saturated heterocycles. The second-order valence-corrected chi connectivity index (χ2v) is 11.8. The van der Waals surface area contributed by atoms with Crippen molar-refractivity contribution in [1.82, 2.24) is 45.2 Å². The van der Waals surface area contributed by atoms with Crippen LogP contribution in [0, 0.1) is 12.8 Å². The Kier molecular flexibility index (Phi) is 7.85. The van der Waals surface area contributed by atoms with Crippen molar-refractivity contribution in [2.45, 2.75) is 64.3 Å². The van der Waals surface area contributed by atoms with Gasteiger partial charge in [0, 0.05) is 31.8 Å². The van der Waals surface area contributed by atoms with Gasteiger partial charge in [-0.05, 0) is 36.1 Å². The molecule has 2 aliphatic rings. The molecule has 4 atom stereocenters. The number of benzene rings is 1. The third-order valence-electron chi connectivity index (χ3n) is 8.22.